The average molecular weight is 164 g/mol. The summed E-state index contributed by atoms with van der Waals surface area (Å²) >= 11 is 0. The Morgan fingerprint density at radius 2 is 2.00 bits per heavy atom. The molecule has 0 aliphatic heterocycles. The number of nitrogens with two attached hydrogens (primary N) is 1. The van der Waals surface area contributed by atoms with Gasteiger partial charge >= 0.3 is 0 Å². The minimum Gasteiger partial charge on any atom is -0.301 e. The Bertz CT molecular complexity index is 120. The van der Waals surface area contributed by atoms with Gasteiger partial charge in [0.15, 0.2) is 0 Å². The van der Waals surface area contributed by atoms with E-state index in [4.69, 9.17) is 10.7 Å². The molecule has 0 spiro atoms. The maximum atomic E-state index is 5.12. The first-order valence-corrected chi connectivity index (χ1v) is 3.75. The third-order valence-electron chi connectivity index (χ3n) is 2.85. The second-order valence-corrected chi connectivity index (χ2v) is 3.35. The zero-order valence-corrected chi connectivity index (χ0v) is 6.77. The van der Waals surface area contributed by atoms with Crippen LogP contribution in [0.3, 0.4) is 0 Å². The van der Waals surface area contributed by atoms with E-state index in [1.807, 2.05) is 0 Å². The molecule has 2 nitrogen and oxygen atoms in total. The highest BCUT2D eigenvalue weighted by Crippen LogP contribution is 2.45. The number of halogens is 1. The van der Waals surface area contributed by atoms with Gasteiger partial charge in [-0.3, -0.25) is 0 Å². The van der Waals surface area contributed by atoms with Crippen LogP contribution < -0.4 is 5.90 Å². The molecule has 2 aliphatic carbocycles. The van der Waals surface area contributed by atoms with Gasteiger partial charge in [0.05, 0.1) is 6.10 Å². The van der Waals surface area contributed by atoms with Crippen LogP contribution in [-0.4, -0.2) is 6.10 Å². The Hall–Kier alpha value is 0.210. The fourth-order valence-electron chi connectivity index (χ4n) is 2.35. The van der Waals surface area contributed by atoms with Crippen molar-refractivity contribution in [3.8, 4) is 0 Å². The third-order valence-corrected chi connectivity index (χ3v) is 2.85. The molecule has 0 radical (unpaired) electrons. The molecule has 3 unspecified atom stereocenters. The summed E-state index contributed by atoms with van der Waals surface area (Å²) < 4.78 is 0. The van der Waals surface area contributed by atoms with Crippen LogP contribution in [0.2, 0.25) is 0 Å². The van der Waals surface area contributed by atoms with Crippen LogP contribution in [0.25, 0.3) is 0 Å². The summed E-state index contributed by atoms with van der Waals surface area (Å²) in [5, 5.41) is 0. The SMILES string of the molecule is Cl.NOC1CC2CCC1C2. The summed E-state index contributed by atoms with van der Waals surface area (Å²) in [7, 11) is 0. The highest BCUT2D eigenvalue weighted by Gasteiger charge is 2.39. The van der Waals surface area contributed by atoms with Crippen LogP contribution >= 0.6 is 12.4 Å². The molecule has 0 aromatic rings. The van der Waals surface area contributed by atoms with Gasteiger partial charge in [-0.2, -0.15) is 0 Å². The number of fused-ring (bicyclic) bond motifs is 2. The molecule has 0 heterocycles. The van der Waals surface area contributed by atoms with Gasteiger partial charge in [-0.15, -0.1) is 12.4 Å². The predicted molar refractivity (Wildman–Crippen MR) is 41.8 cm³/mol. The van der Waals surface area contributed by atoms with Crippen molar-refractivity contribution in [2.45, 2.75) is 31.8 Å². The van der Waals surface area contributed by atoms with Gasteiger partial charge in [0, 0.05) is 0 Å². The lowest BCUT2D eigenvalue weighted by Crippen LogP contribution is -2.23. The highest BCUT2D eigenvalue weighted by atomic mass is 35.5. The zero-order chi connectivity index (χ0) is 6.27. The first-order valence-electron chi connectivity index (χ1n) is 3.75. The second-order valence-electron chi connectivity index (χ2n) is 3.35. The van der Waals surface area contributed by atoms with E-state index in [0.717, 1.165) is 11.8 Å². The molecule has 0 amide bonds. The van der Waals surface area contributed by atoms with Gasteiger partial charge in [0.25, 0.3) is 0 Å². The molecule has 3 atom stereocenters. The average Bonchev–Trinajstić information content (AvgIpc) is 2.45. The topological polar surface area (TPSA) is 35.2 Å². The normalized spacial score (nSPS) is 43.5. The van der Waals surface area contributed by atoms with Crippen LogP contribution in [-0.2, 0) is 4.84 Å². The summed E-state index contributed by atoms with van der Waals surface area (Å²) in [5.74, 6) is 6.87. The Labute approximate surface area is 67.5 Å². The lowest BCUT2D eigenvalue weighted by Gasteiger charge is -2.18. The van der Waals surface area contributed by atoms with Crippen molar-refractivity contribution < 1.29 is 4.84 Å². The molecule has 3 heteroatoms. The minimum atomic E-state index is 0. The van der Waals surface area contributed by atoms with Crippen LogP contribution in [0.1, 0.15) is 25.7 Å². The van der Waals surface area contributed by atoms with Crippen LogP contribution in [0.5, 0.6) is 0 Å². The summed E-state index contributed by atoms with van der Waals surface area (Å²) in [5.41, 5.74) is 0. The van der Waals surface area contributed by atoms with Gasteiger partial charge < -0.3 is 4.84 Å². The van der Waals surface area contributed by atoms with E-state index >= 15 is 0 Å². The van der Waals surface area contributed by atoms with Crippen LogP contribution in [0.4, 0.5) is 0 Å². The monoisotopic (exact) mass is 163 g/mol. The number of rotatable bonds is 1. The largest absolute Gasteiger partial charge is 0.301 e. The molecule has 2 saturated carbocycles. The predicted octanol–water partition coefficient (Wildman–Crippen LogP) is 1.49. The highest BCUT2D eigenvalue weighted by molar-refractivity contribution is 5.85. The van der Waals surface area contributed by atoms with Crippen LogP contribution in [0.15, 0.2) is 0 Å². The summed E-state index contributed by atoms with van der Waals surface area (Å²) in [6.45, 7) is 0. The maximum Gasteiger partial charge on any atom is 0.0818 e. The van der Waals surface area contributed by atoms with E-state index in [1.54, 1.807) is 0 Å². The van der Waals surface area contributed by atoms with Crippen molar-refractivity contribution in [3.63, 3.8) is 0 Å². The van der Waals surface area contributed by atoms with Crippen molar-refractivity contribution in [3.05, 3.63) is 0 Å². The molecule has 0 aromatic heterocycles. The Morgan fingerprint density at radius 1 is 1.20 bits per heavy atom. The van der Waals surface area contributed by atoms with E-state index < -0.39 is 0 Å². The van der Waals surface area contributed by atoms with E-state index in [1.165, 1.54) is 25.7 Å². The molecular formula is C7H14ClNO. The van der Waals surface area contributed by atoms with E-state index in [0.29, 0.717) is 6.10 Å². The lowest BCUT2D eigenvalue weighted by molar-refractivity contribution is 0.0157. The summed E-state index contributed by atoms with van der Waals surface area (Å²) in [6.07, 6.45) is 5.78. The molecule has 2 bridgehead atoms. The van der Waals surface area contributed by atoms with Crippen molar-refractivity contribution in [2.24, 2.45) is 17.7 Å². The molecular weight excluding hydrogens is 150 g/mol. The van der Waals surface area contributed by atoms with Crippen LogP contribution in [0, 0.1) is 11.8 Å². The standard InChI is InChI=1S/C7H13NO.ClH/c8-9-7-4-5-1-2-6(7)3-5;/h5-7H,1-4,8H2;1H. The molecule has 10 heavy (non-hydrogen) atoms. The molecule has 0 aromatic carbocycles. The van der Waals surface area contributed by atoms with E-state index in [-0.39, 0.29) is 12.4 Å². The van der Waals surface area contributed by atoms with E-state index in [2.05, 4.69) is 0 Å². The maximum absolute atomic E-state index is 5.12. The molecule has 0 saturated heterocycles. The molecule has 2 N–H and O–H groups in total. The Kier molecular flexibility index (Phi) is 2.55. The summed E-state index contributed by atoms with van der Waals surface area (Å²) in [6, 6.07) is 0. The van der Waals surface area contributed by atoms with Crippen molar-refractivity contribution in [1.29, 1.82) is 0 Å². The van der Waals surface area contributed by atoms with Gasteiger partial charge in [-0.1, -0.05) is 0 Å². The van der Waals surface area contributed by atoms with Crippen molar-refractivity contribution >= 4 is 12.4 Å². The molecule has 2 fully saturated rings. The van der Waals surface area contributed by atoms with Crippen molar-refractivity contribution in [1.82, 2.24) is 0 Å². The molecule has 2 rings (SSSR count). The Balaban J connectivity index is 0.000000500. The summed E-state index contributed by atoms with van der Waals surface area (Å²) in [4.78, 5) is 4.85. The first kappa shape index (κ1) is 8.31. The Morgan fingerprint density at radius 3 is 2.30 bits per heavy atom. The molecule has 60 valence electrons. The fraction of sp³-hybridized carbons (Fsp3) is 1.00. The van der Waals surface area contributed by atoms with Gasteiger partial charge in [0.1, 0.15) is 0 Å². The second kappa shape index (κ2) is 3.07. The number of hydrogen-bond acceptors (Lipinski definition) is 2. The fourth-order valence-corrected chi connectivity index (χ4v) is 2.35. The third kappa shape index (κ3) is 1.16. The van der Waals surface area contributed by atoms with E-state index in [9.17, 15) is 0 Å². The number of hydrogen-bond donors (Lipinski definition) is 1. The van der Waals surface area contributed by atoms with Crippen molar-refractivity contribution in [2.75, 3.05) is 0 Å². The minimum absolute atomic E-state index is 0. The van der Waals surface area contributed by atoms with Gasteiger partial charge in [-0.05, 0) is 37.5 Å². The lowest BCUT2D eigenvalue weighted by atomic mass is 9.98. The zero-order valence-electron chi connectivity index (χ0n) is 5.95. The quantitative estimate of drug-likeness (QED) is 0.595. The van der Waals surface area contributed by atoms with Gasteiger partial charge in [-0.25, -0.2) is 5.90 Å². The molecule has 2 aliphatic rings. The smallest absolute Gasteiger partial charge is 0.0818 e. The van der Waals surface area contributed by atoms with Gasteiger partial charge in [0.2, 0.25) is 0 Å². The first-order chi connectivity index (χ1) is 4.40.